The first-order valence-electron chi connectivity index (χ1n) is 17.5. The highest BCUT2D eigenvalue weighted by molar-refractivity contribution is 8.02. The van der Waals surface area contributed by atoms with Gasteiger partial charge in [0.05, 0.1) is 35.8 Å². The predicted octanol–water partition coefficient (Wildman–Crippen LogP) is 5.89. The van der Waals surface area contributed by atoms with Gasteiger partial charge >= 0.3 is 5.97 Å². The first-order chi connectivity index (χ1) is 23.3. The SMILES string of the molecule is C=CCCCCOC(=O)[C@@H]1[C@H]2C(=O)N([C@@H](CO)Cc3ccccc3)C(C(=O)N(CC=C)c3ccc(N(CC)CC)cc3)C23S[C@@H]1CC3C. The minimum Gasteiger partial charge on any atom is -0.465 e. The van der Waals surface area contributed by atoms with Gasteiger partial charge in [0.25, 0.3) is 5.91 Å². The van der Waals surface area contributed by atoms with E-state index in [2.05, 4.69) is 38.8 Å². The molecule has 7 atom stereocenters. The van der Waals surface area contributed by atoms with Crippen LogP contribution in [-0.2, 0) is 25.5 Å². The average Bonchev–Trinajstić information content (AvgIpc) is 3.70. The Morgan fingerprint density at radius 3 is 2.38 bits per heavy atom. The molecule has 3 heterocycles. The molecule has 48 heavy (non-hydrogen) atoms. The number of aliphatic hydroxyl groups excluding tert-OH is 1. The summed E-state index contributed by atoms with van der Waals surface area (Å²) in [6.45, 7) is 16.0. The van der Waals surface area contributed by atoms with Gasteiger partial charge in [-0.15, -0.1) is 24.9 Å². The van der Waals surface area contributed by atoms with Gasteiger partial charge < -0.3 is 24.5 Å². The Labute approximate surface area is 290 Å². The lowest BCUT2D eigenvalue weighted by atomic mass is 9.66. The number of esters is 1. The fourth-order valence-corrected chi connectivity index (χ4v) is 10.6. The second-order valence-corrected chi connectivity index (χ2v) is 14.8. The summed E-state index contributed by atoms with van der Waals surface area (Å²) in [7, 11) is 0. The Morgan fingerprint density at radius 1 is 1.06 bits per heavy atom. The molecule has 1 N–H and O–H groups in total. The van der Waals surface area contributed by atoms with Crippen molar-refractivity contribution in [3.63, 3.8) is 0 Å². The summed E-state index contributed by atoms with van der Waals surface area (Å²) in [5, 5.41) is 10.8. The first kappa shape index (κ1) is 35.7. The van der Waals surface area contributed by atoms with Crippen LogP contribution in [0.4, 0.5) is 11.4 Å². The van der Waals surface area contributed by atoms with E-state index in [9.17, 15) is 14.7 Å². The van der Waals surface area contributed by atoms with Gasteiger partial charge in [0.15, 0.2) is 0 Å². The fourth-order valence-electron chi connectivity index (χ4n) is 8.23. The number of carbonyl (C=O) groups excluding carboxylic acids is 3. The van der Waals surface area contributed by atoms with E-state index in [1.165, 1.54) is 0 Å². The van der Waals surface area contributed by atoms with Crippen molar-refractivity contribution >= 4 is 40.9 Å². The van der Waals surface area contributed by atoms with Crippen LogP contribution >= 0.6 is 11.8 Å². The zero-order chi connectivity index (χ0) is 34.4. The minimum atomic E-state index is -0.881. The molecule has 8 nitrogen and oxygen atoms in total. The number of thioether (sulfide) groups is 1. The van der Waals surface area contributed by atoms with E-state index in [4.69, 9.17) is 4.74 Å². The van der Waals surface area contributed by atoms with Crippen LogP contribution in [0.25, 0.3) is 0 Å². The molecule has 2 aromatic carbocycles. The van der Waals surface area contributed by atoms with Gasteiger partial charge in [-0.2, -0.15) is 0 Å². The number of hydrogen-bond donors (Lipinski definition) is 1. The maximum atomic E-state index is 15.2. The number of anilines is 2. The maximum Gasteiger partial charge on any atom is 0.310 e. The number of allylic oxidation sites excluding steroid dienone is 1. The van der Waals surface area contributed by atoms with Crippen LogP contribution in [0.5, 0.6) is 0 Å². The number of ether oxygens (including phenoxy) is 1. The molecule has 0 aromatic heterocycles. The molecule has 3 aliphatic rings. The Balaban J connectivity index is 1.55. The van der Waals surface area contributed by atoms with Gasteiger partial charge in [-0.3, -0.25) is 14.4 Å². The Bertz CT molecular complexity index is 1450. The largest absolute Gasteiger partial charge is 0.465 e. The Morgan fingerprint density at radius 2 is 1.75 bits per heavy atom. The number of likely N-dealkylation sites (tertiary alicyclic amines) is 1. The van der Waals surface area contributed by atoms with Crippen LogP contribution in [0.1, 0.15) is 52.0 Å². The zero-order valence-corrected chi connectivity index (χ0v) is 29.4. The molecule has 0 aliphatic carbocycles. The predicted molar refractivity (Wildman–Crippen MR) is 194 cm³/mol. The van der Waals surface area contributed by atoms with E-state index in [0.717, 1.165) is 43.6 Å². The summed E-state index contributed by atoms with van der Waals surface area (Å²) in [6, 6.07) is 16.2. The number of carbonyl (C=O) groups is 3. The van der Waals surface area contributed by atoms with Gasteiger partial charge in [-0.05, 0) is 81.7 Å². The lowest BCUT2D eigenvalue weighted by molar-refractivity contribution is -0.155. The monoisotopic (exact) mass is 673 g/mol. The molecule has 9 heteroatoms. The second kappa shape index (κ2) is 15.8. The summed E-state index contributed by atoms with van der Waals surface area (Å²) < 4.78 is 4.97. The number of unbranched alkanes of at least 4 members (excludes halogenated alkanes) is 2. The number of benzene rings is 2. The molecule has 3 saturated heterocycles. The number of nitrogens with zero attached hydrogens (tertiary/aromatic N) is 3. The van der Waals surface area contributed by atoms with E-state index in [1.54, 1.807) is 27.6 Å². The van der Waals surface area contributed by atoms with E-state index in [0.29, 0.717) is 25.1 Å². The summed E-state index contributed by atoms with van der Waals surface area (Å²) in [5.41, 5.74) is 2.74. The molecule has 0 saturated carbocycles. The normalized spacial score (nSPS) is 26.2. The van der Waals surface area contributed by atoms with E-state index >= 15 is 4.79 Å². The van der Waals surface area contributed by atoms with E-state index in [1.807, 2.05) is 60.7 Å². The molecule has 3 fully saturated rings. The number of amides is 2. The number of rotatable bonds is 17. The highest BCUT2D eigenvalue weighted by atomic mass is 32.2. The Hall–Kier alpha value is -3.56. The molecule has 5 rings (SSSR count). The quantitative estimate of drug-likeness (QED) is 0.127. The summed E-state index contributed by atoms with van der Waals surface area (Å²) >= 11 is 1.62. The summed E-state index contributed by atoms with van der Waals surface area (Å²) in [4.78, 5) is 49.4. The van der Waals surface area contributed by atoms with Gasteiger partial charge in [-0.25, -0.2) is 0 Å². The van der Waals surface area contributed by atoms with Crippen molar-refractivity contribution in [2.75, 3.05) is 42.6 Å². The van der Waals surface area contributed by atoms with Gasteiger partial charge in [-0.1, -0.05) is 49.4 Å². The topological polar surface area (TPSA) is 90.4 Å². The summed E-state index contributed by atoms with van der Waals surface area (Å²) in [5.74, 6) is -2.18. The lowest BCUT2D eigenvalue weighted by Crippen LogP contribution is -2.59. The third-order valence-corrected chi connectivity index (χ3v) is 12.6. The van der Waals surface area contributed by atoms with Crippen molar-refractivity contribution in [3.05, 3.63) is 85.5 Å². The number of aliphatic hydroxyl groups is 1. The van der Waals surface area contributed by atoms with Gasteiger partial charge in [0, 0.05) is 36.3 Å². The fraction of sp³-hybridized carbons (Fsp3) is 0.513. The highest BCUT2D eigenvalue weighted by Gasteiger charge is 2.77. The molecular formula is C39H51N3O5S. The molecule has 3 aliphatic heterocycles. The number of hydrogen-bond acceptors (Lipinski definition) is 7. The van der Waals surface area contributed by atoms with Crippen LogP contribution in [0.3, 0.4) is 0 Å². The Kier molecular flexibility index (Phi) is 11.7. The smallest absolute Gasteiger partial charge is 0.310 e. The standard InChI is InChI=1S/C39H51N3O5S/c1-6-10-11-15-23-47-38(46)33-32-24-27(5)39(48-32)34(33)36(44)42(31(26-43)25-28-16-13-12-14-17-28)35(39)37(45)41(22-7-2)30-20-18-29(19-21-30)40(8-3)9-4/h6-7,12-14,16-21,27,31-35,43H,1-2,8-11,15,22-26H2,3-5H3/t27?,31-,32-,33+,34+,35?,39?/m1/s1. The molecule has 1 spiro atoms. The second-order valence-electron chi connectivity index (χ2n) is 13.2. The number of fused-ring (bicyclic) bond motifs is 1. The maximum absolute atomic E-state index is 15.2. The zero-order valence-electron chi connectivity index (χ0n) is 28.6. The molecule has 2 amide bonds. The molecule has 258 valence electrons. The average molecular weight is 674 g/mol. The van der Waals surface area contributed by atoms with Crippen molar-refractivity contribution in [3.8, 4) is 0 Å². The van der Waals surface area contributed by atoms with Crippen LogP contribution < -0.4 is 9.80 Å². The molecular weight excluding hydrogens is 623 g/mol. The van der Waals surface area contributed by atoms with Crippen molar-refractivity contribution in [1.29, 1.82) is 0 Å². The van der Waals surface area contributed by atoms with Gasteiger partial charge in [0.2, 0.25) is 5.91 Å². The van der Waals surface area contributed by atoms with Crippen molar-refractivity contribution in [1.82, 2.24) is 4.90 Å². The van der Waals surface area contributed by atoms with Crippen molar-refractivity contribution < 1.29 is 24.2 Å². The third kappa shape index (κ3) is 6.56. The van der Waals surface area contributed by atoms with Crippen LogP contribution in [0, 0.1) is 17.8 Å². The highest BCUT2D eigenvalue weighted by Crippen LogP contribution is 2.69. The molecule has 2 bridgehead atoms. The van der Waals surface area contributed by atoms with Crippen LogP contribution in [0.15, 0.2) is 79.9 Å². The first-order valence-corrected chi connectivity index (χ1v) is 18.3. The van der Waals surface area contributed by atoms with E-state index < -0.39 is 28.7 Å². The molecule has 2 aromatic rings. The minimum absolute atomic E-state index is 0.0104. The molecule has 0 radical (unpaired) electrons. The van der Waals surface area contributed by atoms with Crippen LogP contribution in [-0.4, -0.2) is 82.7 Å². The van der Waals surface area contributed by atoms with Crippen molar-refractivity contribution in [2.24, 2.45) is 17.8 Å². The summed E-state index contributed by atoms with van der Waals surface area (Å²) in [6.07, 6.45) is 7.10. The lowest BCUT2D eigenvalue weighted by Gasteiger charge is -2.42. The van der Waals surface area contributed by atoms with Crippen LogP contribution in [0.2, 0.25) is 0 Å². The van der Waals surface area contributed by atoms with E-state index in [-0.39, 0.29) is 42.1 Å². The third-order valence-electron chi connectivity index (χ3n) is 10.5. The molecule has 3 unspecified atom stereocenters. The van der Waals surface area contributed by atoms with Crippen molar-refractivity contribution in [2.45, 2.75) is 75.0 Å². The van der Waals surface area contributed by atoms with Gasteiger partial charge in [0.1, 0.15) is 6.04 Å².